The Balaban J connectivity index is 2.69. The van der Waals surface area contributed by atoms with Crippen LogP contribution in [0.2, 0.25) is 0 Å². The molecule has 0 aliphatic rings. The normalized spacial score (nSPS) is 14.2. The van der Waals surface area contributed by atoms with Crippen molar-refractivity contribution in [1.29, 1.82) is 0 Å². The molecular weight excluding hydrogens is 294 g/mol. The molecule has 0 fully saturated rings. The van der Waals surface area contributed by atoms with E-state index in [2.05, 4.69) is 28.2 Å². The minimum absolute atomic E-state index is 0.0125. The highest BCUT2D eigenvalue weighted by atomic mass is 79.9. The number of halogens is 1. The van der Waals surface area contributed by atoms with E-state index in [0.29, 0.717) is 6.42 Å². The molecule has 0 spiro atoms. The molecule has 1 rings (SSSR count). The van der Waals surface area contributed by atoms with Gasteiger partial charge in [-0.05, 0) is 25.0 Å². The summed E-state index contributed by atoms with van der Waals surface area (Å²) in [6, 6.07) is 7.41. The molecule has 0 radical (unpaired) electrons. The minimum Gasteiger partial charge on any atom is -0.480 e. The summed E-state index contributed by atoms with van der Waals surface area (Å²) in [5.74, 6) is -0.776. The van der Waals surface area contributed by atoms with Gasteiger partial charge in [0.05, 0.1) is 0 Å². The number of unbranched alkanes of at least 4 members (excludes halogenated alkanes) is 1. The van der Waals surface area contributed by atoms with Crippen molar-refractivity contribution < 1.29 is 9.90 Å². The molecule has 0 aromatic heterocycles. The van der Waals surface area contributed by atoms with Gasteiger partial charge >= 0.3 is 5.97 Å². The minimum atomic E-state index is -0.776. The number of nitrogens with one attached hydrogen (secondary N) is 1. The Bertz CT molecular complexity index is 395. The van der Waals surface area contributed by atoms with E-state index < -0.39 is 12.0 Å². The third-order valence-electron chi connectivity index (χ3n) is 2.97. The fourth-order valence-corrected chi connectivity index (χ4v) is 2.53. The number of rotatable bonds is 7. The predicted octanol–water partition coefficient (Wildman–Crippen LogP) is 3.74. The Hall–Kier alpha value is -0.870. The van der Waals surface area contributed by atoms with Gasteiger partial charge in [0, 0.05) is 10.5 Å². The summed E-state index contributed by atoms with van der Waals surface area (Å²) in [5, 5.41) is 12.4. The van der Waals surface area contributed by atoms with E-state index in [4.69, 9.17) is 0 Å². The van der Waals surface area contributed by atoms with E-state index in [-0.39, 0.29) is 6.04 Å². The van der Waals surface area contributed by atoms with Crippen LogP contribution in [-0.4, -0.2) is 17.1 Å². The van der Waals surface area contributed by atoms with E-state index in [9.17, 15) is 9.90 Å². The molecule has 0 bridgehead atoms. The average molecular weight is 314 g/mol. The number of carboxylic acids is 1. The molecule has 0 saturated heterocycles. The molecule has 3 nitrogen and oxygen atoms in total. The SMILES string of the molecule is CCCCC(N[C@@H](C)c1ccccc1Br)C(=O)O. The molecular formula is C14H20BrNO2. The van der Waals surface area contributed by atoms with E-state index in [0.717, 1.165) is 22.9 Å². The van der Waals surface area contributed by atoms with Crippen LogP contribution in [0.15, 0.2) is 28.7 Å². The molecule has 0 heterocycles. The van der Waals surface area contributed by atoms with Crippen molar-refractivity contribution in [2.45, 2.75) is 45.2 Å². The summed E-state index contributed by atoms with van der Waals surface area (Å²) >= 11 is 3.49. The lowest BCUT2D eigenvalue weighted by atomic mass is 10.1. The Kier molecular flexibility index (Phi) is 6.36. The van der Waals surface area contributed by atoms with Gasteiger partial charge in [-0.1, -0.05) is 53.9 Å². The lowest BCUT2D eigenvalue weighted by Crippen LogP contribution is -2.38. The van der Waals surface area contributed by atoms with Crippen LogP contribution in [0.3, 0.4) is 0 Å². The largest absolute Gasteiger partial charge is 0.480 e. The second-order valence-electron chi connectivity index (χ2n) is 4.44. The first-order valence-electron chi connectivity index (χ1n) is 6.29. The maximum atomic E-state index is 11.2. The zero-order valence-corrected chi connectivity index (χ0v) is 12.4. The molecule has 1 unspecified atom stereocenters. The smallest absolute Gasteiger partial charge is 0.320 e. The van der Waals surface area contributed by atoms with Crippen molar-refractivity contribution in [3.8, 4) is 0 Å². The van der Waals surface area contributed by atoms with Crippen LogP contribution >= 0.6 is 15.9 Å². The summed E-state index contributed by atoms with van der Waals surface area (Å²) in [5.41, 5.74) is 1.08. The lowest BCUT2D eigenvalue weighted by molar-refractivity contribution is -0.139. The average Bonchev–Trinajstić information content (AvgIpc) is 2.34. The summed E-state index contributed by atoms with van der Waals surface area (Å²) in [4.78, 5) is 11.2. The van der Waals surface area contributed by atoms with Crippen LogP contribution in [0.25, 0.3) is 0 Å². The number of aliphatic carboxylic acids is 1. The monoisotopic (exact) mass is 313 g/mol. The third-order valence-corrected chi connectivity index (χ3v) is 3.69. The highest BCUT2D eigenvalue weighted by molar-refractivity contribution is 9.10. The molecule has 0 amide bonds. The van der Waals surface area contributed by atoms with Gasteiger partial charge in [0.2, 0.25) is 0 Å². The van der Waals surface area contributed by atoms with Crippen LogP contribution in [-0.2, 0) is 4.79 Å². The van der Waals surface area contributed by atoms with Gasteiger partial charge in [0.1, 0.15) is 6.04 Å². The van der Waals surface area contributed by atoms with Gasteiger partial charge in [-0.15, -0.1) is 0 Å². The molecule has 1 aromatic carbocycles. The topological polar surface area (TPSA) is 49.3 Å². The molecule has 0 saturated carbocycles. The Morgan fingerprint density at radius 3 is 2.67 bits per heavy atom. The second-order valence-corrected chi connectivity index (χ2v) is 5.30. The quantitative estimate of drug-likeness (QED) is 0.806. The summed E-state index contributed by atoms with van der Waals surface area (Å²) < 4.78 is 1.00. The standard InChI is InChI=1S/C14H20BrNO2/c1-3-4-9-13(14(17)18)16-10(2)11-7-5-6-8-12(11)15/h5-8,10,13,16H,3-4,9H2,1-2H3,(H,17,18)/t10-,13?/m0/s1. The molecule has 0 aliphatic heterocycles. The maximum absolute atomic E-state index is 11.2. The first-order valence-corrected chi connectivity index (χ1v) is 7.08. The summed E-state index contributed by atoms with van der Waals surface area (Å²) in [6.07, 6.45) is 2.60. The molecule has 100 valence electrons. The third kappa shape index (κ3) is 4.42. The first kappa shape index (κ1) is 15.2. The van der Waals surface area contributed by atoms with Crippen LogP contribution in [0.1, 0.15) is 44.7 Å². The van der Waals surface area contributed by atoms with Gasteiger partial charge in [-0.2, -0.15) is 0 Å². The Morgan fingerprint density at radius 2 is 2.11 bits per heavy atom. The van der Waals surface area contributed by atoms with E-state index in [1.54, 1.807) is 0 Å². The molecule has 4 heteroatoms. The zero-order chi connectivity index (χ0) is 13.5. The van der Waals surface area contributed by atoms with Gasteiger partial charge in [-0.3, -0.25) is 10.1 Å². The van der Waals surface area contributed by atoms with Crippen molar-refractivity contribution in [3.63, 3.8) is 0 Å². The lowest BCUT2D eigenvalue weighted by Gasteiger charge is -2.21. The molecule has 1 aromatic rings. The Morgan fingerprint density at radius 1 is 1.44 bits per heavy atom. The molecule has 2 atom stereocenters. The highest BCUT2D eigenvalue weighted by Gasteiger charge is 2.20. The summed E-state index contributed by atoms with van der Waals surface area (Å²) in [7, 11) is 0. The van der Waals surface area contributed by atoms with Crippen molar-refractivity contribution in [3.05, 3.63) is 34.3 Å². The number of carbonyl (C=O) groups is 1. The number of carboxylic acid groups (broad SMARTS) is 1. The maximum Gasteiger partial charge on any atom is 0.320 e. The molecule has 0 aliphatic carbocycles. The second kappa shape index (κ2) is 7.54. The molecule has 2 N–H and O–H groups in total. The van der Waals surface area contributed by atoms with Gasteiger partial charge in [0.25, 0.3) is 0 Å². The fourth-order valence-electron chi connectivity index (χ4n) is 1.90. The van der Waals surface area contributed by atoms with Crippen LogP contribution in [0, 0.1) is 0 Å². The van der Waals surface area contributed by atoms with Crippen LogP contribution in [0.4, 0.5) is 0 Å². The number of hydrogen-bond donors (Lipinski definition) is 2. The number of hydrogen-bond acceptors (Lipinski definition) is 2. The van der Waals surface area contributed by atoms with Crippen LogP contribution in [0.5, 0.6) is 0 Å². The van der Waals surface area contributed by atoms with Gasteiger partial charge in [-0.25, -0.2) is 0 Å². The number of benzene rings is 1. The van der Waals surface area contributed by atoms with E-state index in [1.807, 2.05) is 31.2 Å². The predicted molar refractivity (Wildman–Crippen MR) is 76.6 cm³/mol. The van der Waals surface area contributed by atoms with Crippen molar-refractivity contribution in [2.75, 3.05) is 0 Å². The zero-order valence-electron chi connectivity index (χ0n) is 10.8. The first-order chi connectivity index (χ1) is 8.56. The van der Waals surface area contributed by atoms with E-state index >= 15 is 0 Å². The van der Waals surface area contributed by atoms with Crippen molar-refractivity contribution in [1.82, 2.24) is 5.32 Å². The van der Waals surface area contributed by atoms with Crippen molar-refractivity contribution in [2.24, 2.45) is 0 Å². The van der Waals surface area contributed by atoms with Crippen LogP contribution < -0.4 is 5.32 Å². The highest BCUT2D eigenvalue weighted by Crippen LogP contribution is 2.23. The van der Waals surface area contributed by atoms with Gasteiger partial charge in [0.15, 0.2) is 0 Å². The fraction of sp³-hybridized carbons (Fsp3) is 0.500. The molecule has 18 heavy (non-hydrogen) atoms. The van der Waals surface area contributed by atoms with E-state index in [1.165, 1.54) is 0 Å². The van der Waals surface area contributed by atoms with Gasteiger partial charge < -0.3 is 5.11 Å². The summed E-state index contributed by atoms with van der Waals surface area (Å²) in [6.45, 7) is 4.05. The van der Waals surface area contributed by atoms with Crippen molar-refractivity contribution >= 4 is 21.9 Å². The Labute approximate surface area is 117 Å².